The van der Waals surface area contributed by atoms with Gasteiger partial charge in [-0.2, -0.15) is 0 Å². The molecular weight excluding hydrogens is 412 g/mol. The van der Waals surface area contributed by atoms with Gasteiger partial charge < -0.3 is 4.90 Å². The Morgan fingerprint density at radius 3 is 2.77 bits per heavy atom. The fourth-order valence-corrected chi connectivity index (χ4v) is 5.68. The Kier molecular flexibility index (Phi) is 4.89. The van der Waals surface area contributed by atoms with E-state index in [1.165, 1.54) is 22.6 Å². The third kappa shape index (κ3) is 3.22. The van der Waals surface area contributed by atoms with Crippen LogP contribution in [-0.2, 0) is 11.3 Å². The van der Waals surface area contributed by atoms with Crippen molar-refractivity contribution in [2.24, 2.45) is 0 Å². The highest BCUT2D eigenvalue weighted by molar-refractivity contribution is 7.16. The second kappa shape index (κ2) is 7.71. The first-order chi connectivity index (χ1) is 14.7. The number of thiophene rings is 1. The summed E-state index contributed by atoms with van der Waals surface area (Å²) in [5.41, 5.74) is 4.61. The van der Waals surface area contributed by atoms with E-state index < -0.39 is 0 Å². The average Bonchev–Trinajstić information content (AvgIpc) is 3.17. The molecule has 0 spiro atoms. The van der Waals surface area contributed by atoms with Gasteiger partial charge in [0, 0.05) is 40.7 Å². The molecule has 4 aromatic rings. The zero-order chi connectivity index (χ0) is 20.7. The number of amides is 1. The summed E-state index contributed by atoms with van der Waals surface area (Å²) in [4.78, 5) is 19.9. The summed E-state index contributed by atoms with van der Waals surface area (Å²) < 4.78 is 0.752. The molecule has 0 saturated carbocycles. The van der Waals surface area contributed by atoms with Crippen LogP contribution in [-0.4, -0.2) is 22.3 Å². The van der Waals surface area contributed by atoms with Crippen LogP contribution >= 0.6 is 22.9 Å². The number of carbonyl (C=O) groups excluding carboxylic acids is 1. The molecule has 2 aromatic carbocycles. The lowest BCUT2D eigenvalue weighted by Gasteiger charge is -2.33. The lowest BCUT2D eigenvalue weighted by atomic mass is 9.83. The maximum Gasteiger partial charge on any atom is 0.246 e. The SMILES string of the molecule is C=CC(=O)N1Cc2sc(Cl)cc2[C@@H](c2ccccc2-c2cncc3ccccc23)C1. The molecule has 148 valence electrons. The Labute approximate surface area is 184 Å². The molecule has 1 atom stereocenters. The van der Waals surface area contributed by atoms with Crippen LogP contribution in [0.4, 0.5) is 0 Å². The average molecular weight is 431 g/mol. The molecular formula is C25H19ClN2OS. The van der Waals surface area contributed by atoms with Gasteiger partial charge in [-0.1, -0.05) is 66.7 Å². The number of halogens is 1. The summed E-state index contributed by atoms with van der Waals surface area (Å²) in [5.74, 6) is -0.0175. The normalized spacial score (nSPS) is 15.8. The van der Waals surface area contributed by atoms with Gasteiger partial charge in [-0.05, 0) is 34.2 Å². The summed E-state index contributed by atoms with van der Waals surface area (Å²) in [6.07, 6.45) is 5.21. The Bertz CT molecular complexity index is 1270. The number of nitrogens with zero attached hydrogens (tertiary/aromatic N) is 2. The first-order valence-electron chi connectivity index (χ1n) is 9.77. The summed E-state index contributed by atoms with van der Waals surface area (Å²) >= 11 is 7.93. The minimum atomic E-state index is -0.0560. The van der Waals surface area contributed by atoms with Gasteiger partial charge in [-0.15, -0.1) is 11.3 Å². The lowest BCUT2D eigenvalue weighted by molar-refractivity contribution is -0.127. The number of carbonyl (C=O) groups is 1. The van der Waals surface area contributed by atoms with Gasteiger partial charge in [0.15, 0.2) is 0 Å². The standard InChI is InChI=1S/C25H19ClN2OS/c1-2-25(29)28-14-22(20-11-24(26)30-23(20)15-28)19-10-6-5-9-18(19)21-13-27-12-16-7-3-4-8-17(16)21/h2-13,22H,1,14-15H2/t22-/m1/s1. The molecule has 30 heavy (non-hydrogen) atoms. The van der Waals surface area contributed by atoms with Crippen molar-refractivity contribution in [3.8, 4) is 11.1 Å². The van der Waals surface area contributed by atoms with Crippen LogP contribution in [0.25, 0.3) is 21.9 Å². The molecule has 2 aromatic heterocycles. The third-order valence-electron chi connectivity index (χ3n) is 5.71. The van der Waals surface area contributed by atoms with E-state index in [2.05, 4.69) is 60.1 Å². The molecule has 0 aliphatic carbocycles. The number of aromatic nitrogens is 1. The minimum absolute atomic E-state index is 0.0385. The second-order valence-electron chi connectivity index (χ2n) is 7.40. The monoisotopic (exact) mass is 430 g/mol. The molecule has 0 fully saturated rings. The molecule has 5 heteroatoms. The van der Waals surface area contributed by atoms with Crippen LogP contribution in [0.1, 0.15) is 21.9 Å². The molecule has 1 aliphatic rings. The predicted molar refractivity (Wildman–Crippen MR) is 124 cm³/mol. The highest BCUT2D eigenvalue weighted by atomic mass is 35.5. The summed E-state index contributed by atoms with van der Waals surface area (Å²) in [5, 5.41) is 2.27. The van der Waals surface area contributed by atoms with Crippen molar-refractivity contribution in [2.45, 2.75) is 12.5 Å². The quantitative estimate of drug-likeness (QED) is 0.358. The van der Waals surface area contributed by atoms with Gasteiger partial charge in [0.1, 0.15) is 0 Å². The highest BCUT2D eigenvalue weighted by Crippen LogP contribution is 2.43. The van der Waals surface area contributed by atoms with E-state index in [1.54, 1.807) is 11.3 Å². The van der Waals surface area contributed by atoms with Crippen LogP contribution in [0.5, 0.6) is 0 Å². The topological polar surface area (TPSA) is 33.2 Å². The number of pyridine rings is 1. The van der Waals surface area contributed by atoms with Gasteiger partial charge in [0.05, 0.1) is 10.9 Å². The molecule has 1 amide bonds. The van der Waals surface area contributed by atoms with Crippen LogP contribution in [0.15, 0.2) is 79.6 Å². The molecule has 3 nitrogen and oxygen atoms in total. The molecule has 0 N–H and O–H groups in total. The van der Waals surface area contributed by atoms with Crippen molar-refractivity contribution in [1.29, 1.82) is 0 Å². The number of hydrogen-bond acceptors (Lipinski definition) is 3. The fraction of sp³-hybridized carbons (Fsp3) is 0.120. The maximum absolute atomic E-state index is 12.5. The Morgan fingerprint density at radius 1 is 1.10 bits per heavy atom. The van der Waals surface area contributed by atoms with Crippen LogP contribution in [0.3, 0.4) is 0 Å². The Hall–Kier alpha value is -2.95. The lowest BCUT2D eigenvalue weighted by Crippen LogP contribution is -2.37. The van der Waals surface area contributed by atoms with E-state index >= 15 is 0 Å². The Morgan fingerprint density at radius 2 is 1.90 bits per heavy atom. The smallest absolute Gasteiger partial charge is 0.246 e. The molecule has 5 rings (SSSR count). The number of fused-ring (bicyclic) bond motifs is 2. The number of hydrogen-bond donors (Lipinski definition) is 0. The zero-order valence-electron chi connectivity index (χ0n) is 16.2. The third-order valence-corrected chi connectivity index (χ3v) is 6.97. The van der Waals surface area contributed by atoms with Crippen molar-refractivity contribution >= 4 is 39.6 Å². The molecule has 0 bridgehead atoms. The largest absolute Gasteiger partial charge is 0.333 e. The van der Waals surface area contributed by atoms with E-state index in [-0.39, 0.29) is 11.8 Å². The van der Waals surface area contributed by atoms with E-state index in [0.29, 0.717) is 13.1 Å². The fourth-order valence-electron chi connectivity index (χ4n) is 4.32. The van der Waals surface area contributed by atoms with Crippen molar-refractivity contribution in [2.75, 3.05) is 6.54 Å². The van der Waals surface area contributed by atoms with Crippen LogP contribution in [0.2, 0.25) is 4.34 Å². The molecule has 3 heterocycles. The Balaban J connectivity index is 1.70. The second-order valence-corrected chi connectivity index (χ2v) is 9.17. The molecule has 1 aliphatic heterocycles. The minimum Gasteiger partial charge on any atom is -0.333 e. The molecule has 0 saturated heterocycles. The van der Waals surface area contributed by atoms with E-state index in [0.717, 1.165) is 25.7 Å². The van der Waals surface area contributed by atoms with Crippen molar-refractivity contribution < 1.29 is 4.79 Å². The van der Waals surface area contributed by atoms with Crippen LogP contribution < -0.4 is 0 Å². The summed E-state index contributed by atoms with van der Waals surface area (Å²) in [6, 6.07) is 18.7. The van der Waals surface area contributed by atoms with Gasteiger partial charge in [-0.25, -0.2) is 0 Å². The van der Waals surface area contributed by atoms with E-state index in [1.807, 2.05) is 23.4 Å². The van der Waals surface area contributed by atoms with Gasteiger partial charge in [-0.3, -0.25) is 9.78 Å². The van der Waals surface area contributed by atoms with E-state index in [4.69, 9.17) is 11.6 Å². The van der Waals surface area contributed by atoms with E-state index in [9.17, 15) is 4.79 Å². The highest BCUT2D eigenvalue weighted by Gasteiger charge is 2.31. The van der Waals surface area contributed by atoms with Crippen LogP contribution in [0, 0.1) is 0 Å². The van der Waals surface area contributed by atoms with Gasteiger partial charge in [0.2, 0.25) is 5.91 Å². The summed E-state index contributed by atoms with van der Waals surface area (Å²) in [6.45, 7) is 4.84. The molecule has 0 unspecified atom stereocenters. The summed E-state index contributed by atoms with van der Waals surface area (Å²) in [7, 11) is 0. The van der Waals surface area contributed by atoms with Gasteiger partial charge in [0.25, 0.3) is 0 Å². The number of benzene rings is 2. The van der Waals surface area contributed by atoms with Crippen molar-refractivity contribution in [3.05, 3.63) is 100.0 Å². The number of rotatable bonds is 3. The predicted octanol–water partition coefficient (Wildman–Crippen LogP) is 6.28. The van der Waals surface area contributed by atoms with Crippen molar-refractivity contribution in [3.63, 3.8) is 0 Å². The first kappa shape index (κ1) is 19.0. The molecule has 0 radical (unpaired) electrons. The van der Waals surface area contributed by atoms with Gasteiger partial charge >= 0.3 is 0 Å². The maximum atomic E-state index is 12.5. The first-order valence-corrected chi connectivity index (χ1v) is 11.0. The van der Waals surface area contributed by atoms with Crippen molar-refractivity contribution in [1.82, 2.24) is 9.88 Å². The zero-order valence-corrected chi connectivity index (χ0v) is 17.8.